The molecule has 2 heterocycles. The van der Waals surface area contributed by atoms with Crippen LogP contribution >= 0.6 is 0 Å². The van der Waals surface area contributed by atoms with Crippen LogP contribution in [0.5, 0.6) is 0 Å². The van der Waals surface area contributed by atoms with Crippen LogP contribution in [0.15, 0.2) is 24.8 Å². The number of aromatic nitrogens is 4. The van der Waals surface area contributed by atoms with Gasteiger partial charge in [-0.1, -0.05) is 6.92 Å². The second-order valence-corrected chi connectivity index (χ2v) is 3.02. The smallest absolute Gasteiger partial charge is 0.0525 e. The average Bonchev–Trinajstić information content (AvgIpc) is 2.76. The topological polar surface area (TPSA) is 57.4 Å². The summed E-state index contributed by atoms with van der Waals surface area (Å²) in [6.07, 6.45) is 8.64. The summed E-state index contributed by atoms with van der Waals surface area (Å²) >= 11 is 0. The summed E-state index contributed by atoms with van der Waals surface area (Å²) in [6.45, 7) is 2.16. The van der Waals surface area contributed by atoms with Gasteiger partial charge < -0.3 is 0 Å². The zero-order valence-electron chi connectivity index (χ0n) is 7.49. The number of aromatic amines is 2. The van der Waals surface area contributed by atoms with Crippen molar-refractivity contribution in [2.75, 3.05) is 0 Å². The lowest BCUT2D eigenvalue weighted by atomic mass is 9.94. The molecular weight excluding hydrogens is 164 g/mol. The Morgan fingerprint density at radius 1 is 1.15 bits per heavy atom. The van der Waals surface area contributed by atoms with Crippen molar-refractivity contribution in [3.63, 3.8) is 0 Å². The maximum atomic E-state index is 3.95. The zero-order valence-corrected chi connectivity index (χ0v) is 7.49. The summed E-state index contributed by atoms with van der Waals surface area (Å²) in [4.78, 5) is 0. The van der Waals surface area contributed by atoms with Crippen molar-refractivity contribution < 1.29 is 0 Å². The van der Waals surface area contributed by atoms with Crippen molar-refractivity contribution >= 4 is 0 Å². The van der Waals surface area contributed by atoms with E-state index < -0.39 is 0 Å². The highest BCUT2D eigenvalue weighted by atomic mass is 15.1. The Morgan fingerprint density at radius 2 is 1.69 bits per heavy atom. The molecule has 0 radical (unpaired) electrons. The Morgan fingerprint density at radius 3 is 2.00 bits per heavy atom. The first-order valence-electron chi connectivity index (χ1n) is 4.39. The number of nitrogens with zero attached hydrogens (tertiary/aromatic N) is 2. The standard InChI is InChI=1S/C9H12N4/c1-2-9(7-3-10-11-4-7)8-5-12-13-6-8/h3-6,9H,2H2,1H3,(H,10,11)(H,12,13). The van der Waals surface area contributed by atoms with Crippen molar-refractivity contribution in [2.24, 2.45) is 0 Å². The second-order valence-electron chi connectivity index (χ2n) is 3.02. The van der Waals surface area contributed by atoms with Crippen molar-refractivity contribution in [1.29, 1.82) is 0 Å². The van der Waals surface area contributed by atoms with E-state index in [1.54, 1.807) is 0 Å². The first-order chi connectivity index (χ1) is 6.42. The van der Waals surface area contributed by atoms with Gasteiger partial charge >= 0.3 is 0 Å². The van der Waals surface area contributed by atoms with Crippen molar-refractivity contribution in [3.8, 4) is 0 Å². The van der Waals surface area contributed by atoms with Gasteiger partial charge in [0.05, 0.1) is 12.4 Å². The van der Waals surface area contributed by atoms with Gasteiger partial charge in [0.1, 0.15) is 0 Å². The molecule has 0 aliphatic rings. The second kappa shape index (κ2) is 3.43. The largest absolute Gasteiger partial charge is 0.285 e. The van der Waals surface area contributed by atoms with Gasteiger partial charge in [-0.15, -0.1) is 0 Å². The molecule has 0 aliphatic heterocycles. The van der Waals surface area contributed by atoms with Gasteiger partial charge in [0.25, 0.3) is 0 Å². The third-order valence-corrected chi connectivity index (χ3v) is 2.25. The summed E-state index contributed by atoms with van der Waals surface area (Å²) in [7, 11) is 0. The van der Waals surface area contributed by atoms with Gasteiger partial charge in [-0.05, 0) is 17.5 Å². The molecule has 0 saturated carbocycles. The lowest BCUT2D eigenvalue weighted by Crippen LogP contribution is -1.96. The van der Waals surface area contributed by atoms with Gasteiger partial charge in [0.2, 0.25) is 0 Å². The van der Waals surface area contributed by atoms with Gasteiger partial charge in [-0.2, -0.15) is 10.2 Å². The van der Waals surface area contributed by atoms with Gasteiger partial charge in [-0.25, -0.2) is 0 Å². The highest BCUT2D eigenvalue weighted by Crippen LogP contribution is 2.25. The highest BCUT2D eigenvalue weighted by Gasteiger charge is 2.13. The molecule has 0 saturated heterocycles. The summed E-state index contributed by atoms with van der Waals surface area (Å²) < 4.78 is 0. The summed E-state index contributed by atoms with van der Waals surface area (Å²) in [5.41, 5.74) is 2.42. The Bertz CT molecular complexity index is 301. The molecule has 4 heteroatoms. The quantitative estimate of drug-likeness (QED) is 0.747. The van der Waals surface area contributed by atoms with Crippen molar-refractivity contribution in [1.82, 2.24) is 20.4 Å². The Labute approximate surface area is 76.4 Å². The van der Waals surface area contributed by atoms with Gasteiger partial charge in [-0.3, -0.25) is 10.2 Å². The summed E-state index contributed by atoms with van der Waals surface area (Å²) in [6, 6.07) is 0. The van der Waals surface area contributed by atoms with Gasteiger partial charge in [0.15, 0.2) is 0 Å². The molecule has 0 aliphatic carbocycles. The molecule has 2 N–H and O–H groups in total. The predicted molar refractivity (Wildman–Crippen MR) is 49.3 cm³/mol. The van der Waals surface area contributed by atoms with Crippen LogP contribution in [0, 0.1) is 0 Å². The van der Waals surface area contributed by atoms with E-state index in [9.17, 15) is 0 Å². The van der Waals surface area contributed by atoms with E-state index in [0.717, 1.165) is 6.42 Å². The van der Waals surface area contributed by atoms with Crippen molar-refractivity contribution in [3.05, 3.63) is 35.9 Å². The molecule has 0 unspecified atom stereocenters. The van der Waals surface area contributed by atoms with Gasteiger partial charge in [0, 0.05) is 18.3 Å². The fourth-order valence-electron chi connectivity index (χ4n) is 1.57. The zero-order chi connectivity index (χ0) is 9.10. The van der Waals surface area contributed by atoms with E-state index in [2.05, 4.69) is 27.3 Å². The number of nitrogens with one attached hydrogen (secondary N) is 2. The van der Waals surface area contributed by atoms with Crippen LogP contribution in [0.4, 0.5) is 0 Å². The maximum absolute atomic E-state index is 3.95. The molecule has 0 aromatic carbocycles. The van der Waals surface area contributed by atoms with Crippen LogP contribution in [-0.2, 0) is 0 Å². The lowest BCUT2D eigenvalue weighted by molar-refractivity contribution is 0.778. The minimum atomic E-state index is 0.400. The third kappa shape index (κ3) is 1.47. The Kier molecular flexibility index (Phi) is 2.12. The van der Waals surface area contributed by atoms with Crippen LogP contribution in [0.3, 0.4) is 0 Å². The lowest BCUT2D eigenvalue weighted by Gasteiger charge is -2.09. The normalized spacial score (nSPS) is 10.9. The Balaban J connectivity index is 2.29. The third-order valence-electron chi connectivity index (χ3n) is 2.25. The number of H-pyrrole nitrogens is 2. The van der Waals surface area contributed by atoms with Crippen LogP contribution in [0.2, 0.25) is 0 Å². The molecule has 0 fully saturated rings. The van der Waals surface area contributed by atoms with E-state index >= 15 is 0 Å². The van der Waals surface area contributed by atoms with E-state index in [0.29, 0.717) is 5.92 Å². The highest BCUT2D eigenvalue weighted by molar-refractivity contribution is 5.25. The number of hydrogen-bond acceptors (Lipinski definition) is 2. The van der Waals surface area contributed by atoms with Crippen LogP contribution < -0.4 is 0 Å². The van der Waals surface area contributed by atoms with Crippen LogP contribution in [-0.4, -0.2) is 20.4 Å². The molecule has 0 atom stereocenters. The summed E-state index contributed by atoms with van der Waals surface area (Å²) in [5.74, 6) is 0.400. The van der Waals surface area contributed by atoms with E-state index in [-0.39, 0.29) is 0 Å². The number of hydrogen-bond donors (Lipinski definition) is 2. The minimum absolute atomic E-state index is 0.400. The summed E-state index contributed by atoms with van der Waals surface area (Å²) in [5, 5.41) is 13.5. The van der Waals surface area contributed by atoms with E-state index in [1.807, 2.05) is 24.8 Å². The predicted octanol–water partition coefficient (Wildman–Crippen LogP) is 1.67. The monoisotopic (exact) mass is 176 g/mol. The molecule has 0 bridgehead atoms. The molecule has 2 aromatic rings. The molecule has 0 amide bonds. The number of rotatable bonds is 3. The average molecular weight is 176 g/mol. The molecule has 68 valence electrons. The fourth-order valence-corrected chi connectivity index (χ4v) is 1.57. The molecule has 4 nitrogen and oxygen atoms in total. The molecular formula is C9H12N4. The minimum Gasteiger partial charge on any atom is -0.285 e. The maximum Gasteiger partial charge on any atom is 0.0525 e. The first kappa shape index (κ1) is 8.04. The van der Waals surface area contributed by atoms with E-state index in [4.69, 9.17) is 0 Å². The first-order valence-corrected chi connectivity index (χ1v) is 4.39. The molecule has 2 rings (SSSR count). The van der Waals surface area contributed by atoms with Crippen LogP contribution in [0.1, 0.15) is 30.4 Å². The SMILES string of the molecule is CCC(c1cn[nH]c1)c1cn[nH]c1. The van der Waals surface area contributed by atoms with Crippen LogP contribution in [0.25, 0.3) is 0 Å². The van der Waals surface area contributed by atoms with Crippen molar-refractivity contribution in [2.45, 2.75) is 19.3 Å². The fraction of sp³-hybridized carbons (Fsp3) is 0.333. The van der Waals surface area contributed by atoms with E-state index in [1.165, 1.54) is 11.1 Å². The molecule has 0 spiro atoms. The Hall–Kier alpha value is -1.58. The molecule has 13 heavy (non-hydrogen) atoms. The molecule has 2 aromatic heterocycles.